The summed E-state index contributed by atoms with van der Waals surface area (Å²) in [4.78, 5) is 23.0. The Morgan fingerprint density at radius 2 is 1.30 bits per heavy atom. The number of carboxylic acids is 1. The molecule has 33 heavy (non-hydrogen) atoms. The van der Waals surface area contributed by atoms with E-state index in [1.165, 1.54) is 6.42 Å². The molecule has 1 atom stereocenters. The van der Waals surface area contributed by atoms with Crippen LogP contribution in [0.1, 0.15) is 71.1 Å². The molecule has 1 N–H and O–H groups in total. The number of likely N-dealkylation sites (N-methyl/N-ethyl adjacent to an activating group) is 1. The highest BCUT2D eigenvalue weighted by atomic mass is 16.5. The minimum atomic E-state index is -0.940. The topological polar surface area (TPSA) is 63.6 Å². The summed E-state index contributed by atoms with van der Waals surface area (Å²) in [6.07, 6.45) is 28.8. The SMILES string of the molecule is CCC/C=C/C=C/C=C/C=C/C=C/CCCCCCCC(=O)OC(CC(=O)O)C[N+](C)(C)C. The molecule has 0 aromatic carbocycles. The van der Waals surface area contributed by atoms with Gasteiger partial charge in [-0.3, -0.25) is 9.59 Å². The number of unbranched alkanes of at least 4 members (excludes halogenated alkanes) is 6. The van der Waals surface area contributed by atoms with Crippen LogP contribution in [0.3, 0.4) is 0 Å². The van der Waals surface area contributed by atoms with Crippen molar-refractivity contribution < 1.29 is 23.9 Å². The molecule has 0 aliphatic carbocycles. The molecule has 0 amide bonds. The van der Waals surface area contributed by atoms with E-state index < -0.39 is 12.1 Å². The molecule has 0 radical (unpaired) electrons. The van der Waals surface area contributed by atoms with E-state index in [2.05, 4.69) is 31.2 Å². The Morgan fingerprint density at radius 3 is 1.85 bits per heavy atom. The zero-order valence-electron chi connectivity index (χ0n) is 21.2. The van der Waals surface area contributed by atoms with Crippen molar-refractivity contribution >= 4 is 11.9 Å². The molecule has 0 spiro atoms. The number of hydrogen-bond acceptors (Lipinski definition) is 3. The third kappa shape index (κ3) is 24.1. The van der Waals surface area contributed by atoms with Gasteiger partial charge in [0, 0.05) is 6.42 Å². The van der Waals surface area contributed by atoms with Gasteiger partial charge in [-0.15, -0.1) is 0 Å². The first kappa shape index (κ1) is 30.6. The minimum Gasteiger partial charge on any atom is -0.481 e. The van der Waals surface area contributed by atoms with Gasteiger partial charge in [0.25, 0.3) is 0 Å². The average Bonchev–Trinajstić information content (AvgIpc) is 2.71. The number of hydrogen-bond donors (Lipinski definition) is 1. The lowest BCUT2D eigenvalue weighted by atomic mass is 10.1. The van der Waals surface area contributed by atoms with Crippen LogP contribution in [0.4, 0.5) is 0 Å². The van der Waals surface area contributed by atoms with E-state index in [4.69, 9.17) is 9.84 Å². The standard InChI is InChI=1S/C28H45NO4/c1-5-6-7-8-9-10-11-12-13-14-15-16-17-18-19-20-21-22-23-28(32)33-26(24-27(30)31)25-29(2,3)4/h7-16,26H,5-6,17-25H2,1-4H3/p+1/b8-7+,10-9+,12-11+,14-13+,16-15+. The summed E-state index contributed by atoms with van der Waals surface area (Å²) >= 11 is 0. The second kappa shape index (κ2) is 20.2. The summed E-state index contributed by atoms with van der Waals surface area (Å²) in [6.45, 7) is 2.66. The van der Waals surface area contributed by atoms with E-state index >= 15 is 0 Å². The fraction of sp³-hybridized carbons (Fsp3) is 0.571. The molecule has 186 valence electrons. The Bertz CT molecular complexity index is 666. The number of nitrogens with zero attached hydrogens (tertiary/aromatic N) is 1. The monoisotopic (exact) mass is 460 g/mol. The van der Waals surface area contributed by atoms with Crippen molar-refractivity contribution in [3.63, 3.8) is 0 Å². The van der Waals surface area contributed by atoms with E-state index in [9.17, 15) is 9.59 Å². The molecule has 1 unspecified atom stereocenters. The van der Waals surface area contributed by atoms with Crippen LogP contribution >= 0.6 is 0 Å². The highest BCUT2D eigenvalue weighted by Gasteiger charge is 2.24. The molecule has 0 aliphatic heterocycles. The van der Waals surface area contributed by atoms with Gasteiger partial charge in [-0.25, -0.2) is 0 Å². The number of ether oxygens (including phenoxy) is 1. The smallest absolute Gasteiger partial charge is 0.307 e. The quantitative estimate of drug-likeness (QED) is 0.105. The average molecular weight is 461 g/mol. The maximum atomic E-state index is 12.0. The van der Waals surface area contributed by atoms with E-state index in [0.29, 0.717) is 17.4 Å². The third-order valence-electron chi connectivity index (χ3n) is 4.71. The first-order valence-corrected chi connectivity index (χ1v) is 12.3. The van der Waals surface area contributed by atoms with E-state index in [1.807, 2.05) is 57.6 Å². The zero-order valence-corrected chi connectivity index (χ0v) is 21.2. The van der Waals surface area contributed by atoms with E-state index in [-0.39, 0.29) is 12.4 Å². The normalized spacial score (nSPS) is 13.8. The lowest BCUT2D eigenvalue weighted by Gasteiger charge is -2.28. The lowest BCUT2D eigenvalue weighted by molar-refractivity contribution is -0.873. The molecule has 0 saturated carbocycles. The Kier molecular flexibility index (Phi) is 18.8. The molecule has 0 heterocycles. The fourth-order valence-electron chi connectivity index (χ4n) is 3.16. The molecule has 0 aliphatic rings. The van der Waals surface area contributed by atoms with Crippen LogP contribution in [0.15, 0.2) is 60.8 Å². The largest absolute Gasteiger partial charge is 0.481 e. The number of rotatable bonds is 19. The molecule has 0 saturated heterocycles. The van der Waals surface area contributed by atoms with Crippen LogP contribution in [-0.4, -0.2) is 55.3 Å². The molecule has 5 nitrogen and oxygen atoms in total. The van der Waals surface area contributed by atoms with Gasteiger partial charge in [-0.2, -0.15) is 0 Å². The van der Waals surface area contributed by atoms with Crippen LogP contribution in [0.2, 0.25) is 0 Å². The molecule has 5 heteroatoms. The lowest BCUT2D eigenvalue weighted by Crippen LogP contribution is -2.43. The van der Waals surface area contributed by atoms with Crippen LogP contribution in [0, 0.1) is 0 Å². The Balaban J connectivity index is 3.81. The number of carbonyl (C=O) groups excluding carboxylic acids is 1. The maximum Gasteiger partial charge on any atom is 0.307 e. The van der Waals surface area contributed by atoms with Crippen LogP contribution in [-0.2, 0) is 14.3 Å². The number of quaternary nitrogens is 1. The van der Waals surface area contributed by atoms with Crippen molar-refractivity contribution in [1.82, 2.24) is 0 Å². The van der Waals surface area contributed by atoms with Gasteiger partial charge in [-0.1, -0.05) is 93.4 Å². The highest BCUT2D eigenvalue weighted by molar-refractivity contribution is 5.71. The summed E-state index contributed by atoms with van der Waals surface area (Å²) in [6, 6.07) is 0. The fourth-order valence-corrected chi connectivity index (χ4v) is 3.16. The summed E-state index contributed by atoms with van der Waals surface area (Å²) in [5.41, 5.74) is 0. The van der Waals surface area contributed by atoms with E-state index in [0.717, 1.165) is 44.9 Å². The van der Waals surface area contributed by atoms with Gasteiger partial charge in [0.2, 0.25) is 0 Å². The summed E-state index contributed by atoms with van der Waals surface area (Å²) in [5, 5.41) is 9.02. The molecule has 0 aromatic heterocycles. The van der Waals surface area contributed by atoms with Gasteiger partial charge in [0.05, 0.1) is 27.6 Å². The second-order valence-corrected chi connectivity index (χ2v) is 9.29. The van der Waals surface area contributed by atoms with Crippen LogP contribution in [0.5, 0.6) is 0 Å². The molecular weight excluding hydrogens is 414 g/mol. The molecule has 0 rings (SSSR count). The maximum absolute atomic E-state index is 12.0. The van der Waals surface area contributed by atoms with Crippen LogP contribution in [0.25, 0.3) is 0 Å². The summed E-state index contributed by atoms with van der Waals surface area (Å²) < 4.78 is 5.96. The number of aliphatic carboxylic acids is 1. The van der Waals surface area contributed by atoms with Crippen molar-refractivity contribution in [3.8, 4) is 0 Å². The first-order valence-electron chi connectivity index (χ1n) is 12.3. The molecule has 0 bridgehead atoms. The zero-order chi connectivity index (χ0) is 24.8. The predicted molar refractivity (Wildman–Crippen MR) is 138 cm³/mol. The second-order valence-electron chi connectivity index (χ2n) is 9.29. The minimum absolute atomic E-state index is 0.145. The van der Waals surface area contributed by atoms with Gasteiger partial charge in [-0.05, 0) is 25.7 Å². The molecule has 0 fully saturated rings. The Hall–Kier alpha value is -2.40. The summed E-state index contributed by atoms with van der Waals surface area (Å²) in [7, 11) is 5.87. The van der Waals surface area contributed by atoms with Gasteiger partial charge >= 0.3 is 11.9 Å². The number of esters is 1. The Labute approximate surface area is 201 Å². The predicted octanol–water partition coefficient (Wildman–Crippen LogP) is 6.39. The van der Waals surface area contributed by atoms with Crippen LogP contribution < -0.4 is 0 Å². The first-order chi connectivity index (χ1) is 15.7. The number of carbonyl (C=O) groups is 2. The van der Waals surface area contributed by atoms with Crippen molar-refractivity contribution in [2.45, 2.75) is 77.2 Å². The summed E-state index contributed by atoms with van der Waals surface area (Å²) in [5.74, 6) is -1.23. The van der Waals surface area contributed by atoms with E-state index in [1.54, 1.807) is 0 Å². The van der Waals surface area contributed by atoms with Gasteiger partial charge in [0.15, 0.2) is 6.10 Å². The third-order valence-corrected chi connectivity index (χ3v) is 4.71. The molecular formula is C28H46NO4+. The van der Waals surface area contributed by atoms with Crippen molar-refractivity contribution in [2.24, 2.45) is 0 Å². The van der Waals surface area contributed by atoms with Crippen molar-refractivity contribution in [2.75, 3.05) is 27.7 Å². The van der Waals surface area contributed by atoms with Crippen molar-refractivity contribution in [3.05, 3.63) is 60.8 Å². The van der Waals surface area contributed by atoms with Gasteiger partial charge in [0.1, 0.15) is 6.54 Å². The Morgan fingerprint density at radius 1 is 0.788 bits per heavy atom. The number of allylic oxidation sites excluding steroid dienone is 10. The highest BCUT2D eigenvalue weighted by Crippen LogP contribution is 2.11. The van der Waals surface area contributed by atoms with Crippen molar-refractivity contribution in [1.29, 1.82) is 0 Å². The number of carboxylic acid groups (broad SMARTS) is 1. The van der Waals surface area contributed by atoms with Gasteiger partial charge < -0.3 is 14.3 Å². The molecule has 0 aromatic rings.